The monoisotopic (exact) mass is 170 g/mol. The van der Waals surface area contributed by atoms with Gasteiger partial charge in [-0.3, -0.25) is 0 Å². The van der Waals surface area contributed by atoms with E-state index in [0.29, 0.717) is 6.42 Å². The Labute approximate surface area is 58.4 Å². The average molecular weight is 170 g/mol. The van der Waals surface area contributed by atoms with Crippen molar-refractivity contribution in [2.24, 2.45) is 0 Å². The number of hydrogen-bond donors (Lipinski definition) is 0. The van der Waals surface area contributed by atoms with Crippen molar-refractivity contribution in [3.63, 3.8) is 0 Å². The van der Waals surface area contributed by atoms with Crippen molar-refractivity contribution in [1.82, 2.24) is 0 Å². The third kappa shape index (κ3) is 1.90. The Kier molecular flexibility index (Phi) is 1.70. The van der Waals surface area contributed by atoms with Gasteiger partial charge in [0, 0.05) is 0 Å². The Balaban J connectivity index is 2.53. The molecule has 0 saturated heterocycles. The molecule has 0 bridgehead atoms. The first-order chi connectivity index (χ1) is 4.41. The highest BCUT2D eigenvalue weighted by Crippen LogP contribution is 2.37. The minimum absolute atomic E-state index is 0.177. The highest BCUT2D eigenvalue weighted by Gasteiger charge is 2.41. The van der Waals surface area contributed by atoms with E-state index >= 15 is 0 Å². The summed E-state index contributed by atoms with van der Waals surface area (Å²) in [6, 6.07) is 0. The van der Waals surface area contributed by atoms with Gasteiger partial charge in [0.05, 0.1) is 0 Å². The lowest BCUT2D eigenvalue weighted by Crippen LogP contribution is -2.38. The number of rotatable bonds is 2. The molecule has 0 aromatic rings. The lowest BCUT2D eigenvalue weighted by Gasteiger charge is -2.31. The molecule has 0 aromatic carbocycles. The largest absolute Gasteiger partial charge is 0.305 e. The molecule has 1 aliphatic carbocycles. The van der Waals surface area contributed by atoms with E-state index in [1.807, 2.05) is 0 Å². The van der Waals surface area contributed by atoms with Crippen LogP contribution in [-0.4, -0.2) is 19.8 Å². The number of hydrogen-bond acceptors (Lipinski definition) is 2. The molecule has 1 aliphatic rings. The van der Waals surface area contributed by atoms with Gasteiger partial charge in [-0.05, 0) is 19.3 Å². The van der Waals surface area contributed by atoms with Crippen LogP contribution in [0.2, 0.25) is 0 Å². The quantitative estimate of drug-likeness (QED) is 0.583. The summed E-state index contributed by atoms with van der Waals surface area (Å²) in [6.07, 6.45) is 1.01. The first kappa shape index (κ1) is 7.91. The summed E-state index contributed by atoms with van der Waals surface area (Å²) >= 11 is 0. The molecule has 0 unspecified atom stereocenters. The first-order valence-electron chi connectivity index (χ1n) is 3.03. The van der Waals surface area contributed by atoms with Crippen molar-refractivity contribution in [2.45, 2.75) is 24.9 Å². The predicted molar refractivity (Wildman–Crippen MR) is 32.6 cm³/mol. The zero-order chi connectivity index (χ0) is 7.83. The van der Waals surface area contributed by atoms with Crippen LogP contribution in [0.25, 0.3) is 0 Å². The summed E-state index contributed by atoms with van der Waals surface area (Å²) in [5.41, 5.74) is -1.76. The molecule has 0 N–H and O–H groups in total. The van der Waals surface area contributed by atoms with E-state index < -0.39 is 21.6 Å². The summed E-state index contributed by atoms with van der Waals surface area (Å²) in [5, 5.41) is 0. The van der Waals surface area contributed by atoms with Crippen LogP contribution in [0.3, 0.4) is 0 Å². The number of halogens is 2. The third-order valence-corrected chi connectivity index (χ3v) is 2.54. The van der Waals surface area contributed by atoms with E-state index in [4.69, 9.17) is 0 Å². The lowest BCUT2D eigenvalue weighted by molar-refractivity contribution is 0.0882. The van der Waals surface area contributed by atoms with E-state index in [9.17, 15) is 16.7 Å². The highest BCUT2D eigenvalue weighted by molar-refractivity contribution is 7.86. The molecule has 1 rings (SSSR count). The van der Waals surface area contributed by atoms with E-state index in [2.05, 4.69) is 0 Å². The molecule has 1 fully saturated rings. The Bertz CT molecular complexity index is 218. The maximum atomic E-state index is 12.8. The van der Waals surface area contributed by atoms with Gasteiger partial charge in [-0.15, -0.1) is 3.89 Å². The fourth-order valence-corrected chi connectivity index (χ4v) is 1.92. The molecule has 2 nitrogen and oxygen atoms in total. The molecule has 0 radical (unpaired) electrons. The van der Waals surface area contributed by atoms with Crippen LogP contribution in [0.1, 0.15) is 19.3 Å². The Hall–Kier alpha value is -0.190. The van der Waals surface area contributed by atoms with Crippen LogP contribution < -0.4 is 0 Å². The summed E-state index contributed by atoms with van der Waals surface area (Å²) in [6.45, 7) is 0. The molecule has 0 atom stereocenters. The summed E-state index contributed by atoms with van der Waals surface area (Å²) in [5.74, 6) is -0.958. The maximum absolute atomic E-state index is 12.8. The Morgan fingerprint density at radius 2 is 1.90 bits per heavy atom. The van der Waals surface area contributed by atoms with Crippen molar-refractivity contribution in [3.05, 3.63) is 0 Å². The zero-order valence-electron chi connectivity index (χ0n) is 5.31. The van der Waals surface area contributed by atoms with Gasteiger partial charge < -0.3 is 0 Å². The van der Waals surface area contributed by atoms with Crippen LogP contribution in [0.4, 0.5) is 8.28 Å². The zero-order valence-corrected chi connectivity index (χ0v) is 6.13. The lowest BCUT2D eigenvalue weighted by atomic mass is 9.84. The molecular weight excluding hydrogens is 162 g/mol. The van der Waals surface area contributed by atoms with Crippen LogP contribution in [0.5, 0.6) is 0 Å². The molecule has 0 spiro atoms. The molecule has 0 aliphatic heterocycles. The van der Waals surface area contributed by atoms with Gasteiger partial charge in [0.2, 0.25) is 0 Å². The molecule has 60 valence electrons. The van der Waals surface area contributed by atoms with E-state index in [1.165, 1.54) is 0 Å². The van der Waals surface area contributed by atoms with Crippen LogP contribution in [0.15, 0.2) is 0 Å². The average Bonchev–Trinajstić information content (AvgIpc) is 1.57. The minimum Gasteiger partial charge on any atom is -0.243 e. The molecule has 1 saturated carbocycles. The highest BCUT2D eigenvalue weighted by atomic mass is 32.3. The fourth-order valence-electron chi connectivity index (χ4n) is 1.01. The van der Waals surface area contributed by atoms with Gasteiger partial charge in [0.15, 0.2) is 0 Å². The predicted octanol–water partition coefficient (Wildman–Crippen LogP) is 1.18. The van der Waals surface area contributed by atoms with Crippen LogP contribution >= 0.6 is 0 Å². The Morgan fingerprint density at radius 1 is 1.40 bits per heavy atom. The normalized spacial score (nSPS) is 23.8. The molecular formula is C5H8F2O2S. The standard InChI is InChI=1S/C5H8F2O2S/c6-5(2-1-3-5)4-10(7,8)9/h1-4H2. The van der Waals surface area contributed by atoms with Crippen molar-refractivity contribution in [3.8, 4) is 0 Å². The summed E-state index contributed by atoms with van der Waals surface area (Å²) < 4.78 is 44.5. The van der Waals surface area contributed by atoms with E-state index in [1.54, 1.807) is 0 Å². The Morgan fingerprint density at radius 3 is 2.00 bits per heavy atom. The third-order valence-electron chi connectivity index (χ3n) is 1.68. The van der Waals surface area contributed by atoms with Crippen molar-refractivity contribution < 1.29 is 16.7 Å². The first-order valence-corrected chi connectivity index (χ1v) is 4.58. The molecule has 0 amide bonds. The van der Waals surface area contributed by atoms with Crippen molar-refractivity contribution >= 4 is 10.2 Å². The molecule has 5 heteroatoms. The second kappa shape index (κ2) is 2.15. The molecule has 0 aromatic heterocycles. The van der Waals surface area contributed by atoms with Gasteiger partial charge >= 0.3 is 10.2 Å². The van der Waals surface area contributed by atoms with Crippen LogP contribution in [0, 0.1) is 0 Å². The van der Waals surface area contributed by atoms with Gasteiger partial charge in [0.25, 0.3) is 0 Å². The van der Waals surface area contributed by atoms with Gasteiger partial charge in [-0.2, -0.15) is 8.42 Å². The molecule has 0 heterocycles. The minimum atomic E-state index is -4.62. The van der Waals surface area contributed by atoms with E-state index in [-0.39, 0.29) is 12.8 Å². The van der Waals surface area contributed by atoms with Crippen molar-refractivity contribution in [1.29, 1.82) is 0 Å². The van der Waals surface area contributed by atoms with Crippen LogP contribution in [-0.2, 0) is 10.2 Å². The number of alkyl halides is 1. The second-order valence-corrected chi connectivity index (χ2v) is 4.05. The van der Waals surface area contributed by atoms with E-state index in [0.717, 1.165) is 0 Å². The van der Waals surface area contributed by atoms with Crippen molar-refractivity contribution in [2.75, 3.05) is 5.75 Å². The SMILES string of the molecule is O=S(=O)(F)CC1(F)CCC1. The maximum Gasteiger partial charge on any atom is 0.305 e. The topological polar surface area (TPSA) is 34.1 Å². The smallest absolute Gasteiger partial charge is 0.243 e. The molecule has 10 heavy (non-hydrogen) atoms. The summed E-state index contributed by atoms with van der Waals surface area (Å²) in [4.78, 5) is 0. The van der Waals surface area contributed by atoms with Gasteiger partial charge in [0.1, 0.15) is 11.4 Å². The van der Waals surface area contributed by atoms with Gasteiger partial charge in [-0.25, -0.2) is 4.39 Å². The van der Waals surface area contributed by atoms with Gasteiger partial charge in [-0.1, -0.05) is 0 Å². The fraction of sp³-hybridized carbons (Fsp3) is 1.00. The second-order valence-electron chi connectivity index (χ2n) is 2.69. The summed E-state index contributed by atoms with van der Waals surface area (Å²) in [7, 11) is -4.62.